The number of halogens is 1. The minimum Gasteiger partial charge on any atom is -0.480 e. The summed E-state index contributed by atoms with van der Waals surface area (Å²) in [4.78, 5) is 25.7. The SMILES string of the molecule is CN(CC(=O)O)C(=O)c1cc(Br)c[nH]1. The normalized spacial score (nSPS) is 9.86. The van der Waals surface area contributed by atoms with Gasteiger partial charge in [-0.05, 0) is 22.0 Å². The number of aliphatic carboxylic acids is 1. The van der Waals surface area contributed by atoms with Gasteiger partial charge in [0.1, 0.15) is 12.2 Å². The van der Waals surface area contributed by atoms with Crippen molar-refractivity contribution in [1.29, 1.82) is 0 Å². The van der Waals surface area contributed by atoms with Crippen LogP contribution in [-0.4, -0.2) is 40.5 Å². The fourth-order valence-corrected chi connectivity index (χ4v) is 1.32. The van der Waals surface area contributed by atoms with E-state index < -0.39 is 5.97 Å². The number of amides is 1. The van der Waals surface area contributed by atoms with Crippen molar-refractivity contribution >= 4 is 27.8 Å². The van der Waals surface area contributed by atoms with E-state index in [2.05, 4.69) is 20.9 Å². The van der Waals surface area contributed by atoms with Crippen molar-refractivity contribution in [1.82, 2.24) is 9.88 Å². The molecule has 0 saturated carbocycles. The molecule has 0 saturated heterocycles. The molecule has 0 aliphatic rings. The number of aromatic amines is 1. The number of likely N-dealkylation sites (N-methyl/N-ethyl adjacent to an activating group) is 1. The van der Waals surface area contributed by atoms with Gasteiger partial charge in [-0.1, -0.05) is 0 Å². The van der Waals surface area contributed by atoms with Gasteiger partial charge < -0.3 is 15.0 Å². The van der Waals surface area contributed by atoms with Crippen LogP contribution in [0.3, 0.4) is 0 Å². The Morgan fingerprint density at radius 2 is 2.29 bits per heavy atom. The topological polar surface area (TPSA) is 73.4 Å². The number of carboxylic acid groups (broad SMARTS) is 1. The first-order valence-electron chi connectivity index (χ1n) is 3.82. The molecule has 1 rings (SSSR count). The van der Waals surface area contributed by atoms with E-state index in [1.54, 1.807) is 12.3 Å². The lowest BCUT2D eigenvalue weighted by atomic mass is 10.4. The van der Waals surface area contributed by atoms with Gasteiger partial charge in [0.15, 0.2) is 0 Å². The van der Waals surface area contributed by atoms with Crippen molar-refractivity contribution in [3.63, 3.8) is 0 Å². The number of carbonyl (C=O) groups is 2. The fraction of sp³-hybridized carbons (Fsp3) is 0.250. The molecule has 0 aromatic carbocycles. The van der Waals surface area contributed by atoms with Crippen LogP contribution in [0.1, 0.15) is 10.5 Å². The number of rotatable bonds is 3. The first-order chi connectivity index (χ1) is 6.50. The molecule has 0 radical (unpaired) electrons. The van der Waals surface area contributed by atoms with Crippen molar-refractivity contribution < 1.29 is 14.7 Å². The lowest BCUT2D eigenvalue weighted by Gasteiger charge is -2.12. The molecule has 1 aromatic heterocycles. The fourth-order valence-electron chi connectivity index (χ4n) is 0.972. The van der Waals surface area contributed by atoms with E-state index in [0.29, 0.717) is 5.69 Å². The number of hydrogen-bond donors (Lipinski definition) is 2. The van der Waals surface area contributed by atoms with E-state index >= 15 is 0 Å². The molecular weight excluding hydrogens is 252 g/mol. The molecule has 14 heavy (non-hydrogen) atoms. The van der Waals surface area contributed by atoms with Gasteiger partial charge in [0.25, 0.3) is 5.91 Å². The van der Waals surface area contributed by atoms with Gasteiger partial charge in [0.05, 0.1) is 0 Å². The Balaban J connectivity index is 2.70. The molecule has 0 fully saturated rings. The quantitative estimate of drug-likeness (QED) is 0.850. The molecular formula is C8H9BrN2O3. The van der Waals surface area contributed by atoms with E-state index in [0.717, 1.165) is 9.37 Å². The maximum atomic E-state index is 11.5. The van der Waals surface area contributed by atoms with E-state index in [-0.39, 0.29) is 12.5 Å². The summed E-state index contributed by atoms with van der Waals surface area (Å²) in [7, 11) is 1.44. The maximum absolute atomic E-state index is 11.5. The highest BCUT2D eigenvalue weighted by atomic mass is 79.9. The molecule has 0 unspecified atom stereocenters. The zero-order valence-electron chi connectivity index (χ0n) is 7.45. The van der Waals surface area contributed by atoms with E-state index in [1.807, 2.05) is 0 Å². The summed E-state index contributed by atoms with van der Waals surface area (Å²) in [6, 6.07) is 1.60. The largest absolute Gasteiger partial charge is 0.480 e. The third kappa shape index (κ3) is 2.59. The average Bonchev–Trinajstić information content (AvgIpc) is 2.49. The van der Waals surface area contributed by atoms with Crippen LogP contribution in [0.5, 0.6) is 0 Å². The van der Waals surface area contributed by atoms with Crippen LogP contribution in [0.4, 0.5) is 0 Å². The zero-order valence-corrected chi connectivity index (χ0v) is 9.04. The molecule has 0 aliphatic carbocycles. The summed E-state index contributed by atoms with van der Waals surface area (Å²) in [6.45, 7) is -0.310. The number of nitrogens with zero attached hydrogens (tertiary/aromatic N) is 1. The highest BCUT2D eigenvalue weighted by Gasteiger charge is 2.15. The minimum absolute atomic E-state index is 0.310. The number of carboxylic acids is 1. The molecule has 0 spiro atoms. The summed E-state index contributed by atoms with van der Waals surface area (Å²) in [5, 5.41) is 8.47. The zero-order chi connectivity index (χ0) is 10.7. The number of nitrogens with one attached hydrogen (secondary N) is 1. The van der Waals surface area contributed by atoms with Gasteiger partial charge in [-0.15, -0.1) is 0 Å². The first-order valence-corrected chi connectivity index (χ1v) is 4.61. The second kappa shape index (κ2) is 4.28. The Bertz CT molecular complexity index is 361. The van der Waals surface area contributed by atoms with Crippen molar-refractivity contribution in [3.8, 4) is 0 Å². The van der Waals surface area contributed by atoms with Crippen LogP contribution in [-0.2, 0) is 4.79 Å². The van der Waals surface area contributed by atoms with Crippen LogP contribution in [0.25, 0.3) is 0 Å². The maximum Gasteiger partial charge on any atom is 0.323 e. The van der Waals surface area contributed by atoms with Crippen molar-refractivity contribution in [2.24, 2.45) is 0 Å². The molecule has 76 valence electrons. The highest BCUT2D eigenvalue weighted by Crippen LogP contribution is 2.11. The molecule has 6 heteroatoms. The second-order valence-electron chi connectivity index (χ2n) is 2.79. The van der Waals surface area contributed by atoms with Gasteiger partial charge in [-0.25, -0.2) is 0 Å². The molecule has 2 N–H and O–H groups in total. The Morgan fingerprint density at radius 1 is 1.64 bits per heavy atom. The van der Waals surface area contributed by atoms with Gasteiger partial charge in [-0.2, -0.15) is 0 Å². The van der Waals surface area contributed by atoms with Crippen LogP contribution >= 0.6 is 15.9 Å². The van der Waals surface area contributed by atoms with Gasteiger partial charge in [0, 0.05) is 17.7 Å². The third-order valence-electron chi connectivity index (χ3n) is 1.60. The Hall–Kier alpha value is -1.30. The lowest BCUT2D eigenvalue weighted by Crippen LogP contribution is -2.32. The van der Waals surface area contributed by atoms with Gasteiger partial charge >= 0.3 is 5.97 Å². The standard InChI is InChI=1S/C8H9BrN2O3/c1-11(4-7(12)13)8(14)6-2-5(9)3-10-6/h2-3,10H,4H2,1H3,(H,12,13). The van der Waals surface area contributed by atoms with Crippen molar-refractivity contribution in [3.05, 3.63) is 22.4 Å². The van der Waals surface area contributed by atoms with Gasteiger partial charge in [-0.3, -0.25) is 9.59 Å². The van der Waals surface area contributed by atoms with Crippen LogP contribution in [0.15, 0.2) is 16.7 Å². The Kier molecular flexibility index (Phi) is 3.29. The molecule has 0 atom stereocenters. The van der Waals surface area contributed by atoms with Crippen molar-refractivity contribution in [2.75, 3.05) is 13.6 Å². The Labute approximate surface area is 88.8 Å². The van der Waals surface area contributed by atoms with Crippen LogP contribution in [0, 0.1) is 0 Å². The summed E-state index contributed by atoms with van der Waals surface area (Å²) in [6.07, 6.45) is 1.61. The number of H-pyrrole nitrogens is 1. The third-order valence-corrected chi connectivity index (χ3v) is 2.06. The second-order valence-corrected chi connectivity index (χ2v) is 3.70. The Morgan fingerprint density at radius 3 is 2.71 bits per heavy atom. The molecule has 1 aromatic rings. The summed E-state index contributed by atoms with van der Waals surface area (Å²) in [5.74, 6) is -1.38. The monoisotopic (exact) mass is 260 g/mol. The summed E-state index contributed by atoms with van der Waals surface area (Å²) >= 11 is 3.18. The van der Waals surface area contributed by atoms with Crippen molar-refractivity contribution in [2.45, 2.75) is 0 Å². The molecule has 0 bridgehead atoms. The average molecular weight is 261 g/mol. The number of hydrogen-bond acceptors (Lipinski definition) is 2. The van der Waals surface area contributed by atoms with E-state index in [1.165, 1.54) is 7.05 Å². The lowest BCUT2D eigenvalue weighted by molar-refractivity contribution is -0.137. The molecule has 1 amide bonds. The summed E-state index contributed by atoms with van der Waals surface area (Å²) < 4.78 is 0.754. The predicted octanol–water partition coefficient (Wildman–Crippen LogP) is 0.934. The number of aromatic nitrogens is 1. The molecule has 0 aliphatic heterocycles. The van der Waals surface area contributed by atoms with Gasteiger partial charge in [0.2, 0.25) is 0 Å². The van der Waals surface area contributed by atoms with E-state index in [9.17, 15) is 9.59 Å². The van der Waals surface area contributed by atoms with Crippen LogP contribution < -0.4 is 0 Å². The summed E-state index contributed by atoms with van der Waals surface area (Å²) in [5.41, 5.74) is 0.362. The minimum atomic E-state index is -1.04. The molecule has 1 heterocycles. The smallest absolute Gasteiger partial charge is 0.323 e. The van der Waals surface area contributed by atoms with E-state index in [4.69, 9.17) is 5.11 Å². The number of carbonyl (C=O) groups excluding carboxylic acids is 1. The van der Waals surface area contributed by atoms with Crippen LogP contribution in [0.2, 0.25) is 0 Å². The first kappa shape index (κ1) is 10.8. The predicted molar refractivity (Wildman–Crippen MR) is 53.1 cm³/mol. The molecule has 5 nitrogen and oxygen atoms in total. The highest BCUT2D eigenvalue weighted by molar-refractivity contribution is 9.10.